The summed E-state index contributed by atoms with van der Waals surface area (Å²) in [6.45, 7) is 6.35. The number of allylic oxidation sites excluding steroid dienone is 6. The quantitative estimate of drug-likeness (QED) is 0.175. The molecule has 0 spiro atoms. The maximum Gasteiger partial charge on any atom is 0.121 e. The number of methoxy groups -OCH3 is 1. The van der Waals surface area contributed by atoms with Gasteiger partial charge in [-0.05, 0) is 69.8 Å². The van der Waals surface area contributed by atoms with Gasteiger partial charge in [0.2, 0.25) is 0 Å². The zero-order valence-electron chi connectivity index (χ0n) is 22.8. The highest BCUT2D eigenvalue weighted by Crippen LogP contribution is 2.31. The molecule has 4 heteroatoms. The highest BCUT2D eigenvalue weighted by Gasteiger charge is 2.27. The minimum absolute atomic E-state index is 0.135. The summed E-state index contributed by atoms with van der Waals surface area (Å²) in [5, 5.41) is 21.2. The van der Waals surface area contributed by atoms with Crippen LogP contribution in [-0.4, -0.2) is 41.7 Å². The molecule has 0 radical (unpaired) electrons. The van der Waals surface area contributed by atoms with Gasteiger partial charge in [0.1, 0.15) is 18.0 Å². The first-order chi connectivity index (χ1) is 16.9. The van der Waals surface area contributed by atoms with E-state index >= 15 is 0 Å². The van der Waals surface area contributed by atoms with Crippen molar-refractivity contribution in [2.24, 2.45) is 11.8 Å². The number of hydrogen-bond acceptors (Lipinski definition) is 4. The second-order valence-corrected chi connectivity index (χ2v) is 10.8. The second kappa shape index (κ2) is 17.2. The lowest BCUT2D eigenvalue weighted by atomic mass is 9.84. The topological polar surface area (TPSA) is 58.9 Å². The molecule has 2 N–H and O–H groups in total. The van der Waals surface area contributed by atoms with Crippen molar-refractivity contribution in [3.63, 3.8) is 0 Å². The summed E-state index contributed by atoms with van der Waals surface area (Å²) in [5.74, 6) is 1.61. The van der Waals surface area contributed by atoms with Crippen molar-refractivity contribution in [1.82, 2.24) is 0 Å². The molecule has 35 heavy (non-hydrogen) atoms. The standard InChI is InChI=1S/C31H52O4/c1-5-24(2)14-9-7-6-8-10-15-25(3)29(32)23-30(33)31-21-20-27(35-31)18-12-11-16-26-17-13-19-28(22-26)34-4/h6-9,14,21,25-30,32-33H,5,10-13,15-20,22-23H2,1-4H3/b8-6+,9-7+,24-14+/t25-,26?,27?,28?,29?,30?/m1/s1. The summed E-state index contributed by atoms with van der Waals surface area (Å²) in [6, 6.07) is 0. The van der Waals surface area contributed by atoms with E-state index in [-0.39, 0.29) is 12.0 Å². The van der Waals surface area contributed by atoms with Crippen molar-refractivity contribution >= 4 is 0 Å². The average Bonchev–Trinajstić information content (AvgIpc) is 3.35. The molecule has 0 saturated heterocycles. The Kier molecular flexibility index (Phi) is 14.6. The Hall–Kier alpha value is -1.36. The van der Waals surface area contributed by atoms with Gasteiger partial charge in [-0.15, -0.1) is 0 Å². The van der Waals surface area contributed by atoms with Crippen molar-refractivity contribution in [2.75, 3.05) is 7.11 Å². The van der Waals surface area contributed by atoms with E-state index in [1.165, 1.54) is 50.5 Å². The number of aliphatic hydroxyl groups is 2. The van der Waals surface area contributed by atoms with E-state index in [0.29, 0.717) is 18.3 Å². The summed E-state index contributed by atoms with van der Waals surface area (Å²) in [4.78, 5) is 0. The van der Waals surface area contributed by atoms with Crippen LogP contribution in [0.2, 0.25) is 0 Å². The third kappa shape index (κ3) is 11.9. The van der Waals surface area contributed by atoms with Crippen molar-refractivity contribution in [2.45, 2.75) is 129 Å². The zero-order chi connectivity index (χ0) is 25.5. The number of ether oxygens (including phenoxy) is 2. The minimum atomic E-state index is -0.710. The maximum absolute atomic E-state index is 10.6. The van der Waals surface area contributed by atoms with E-state index in [4.69, 9.17) is 9.47 Å². The molecule has 200 valence electrons. The third-order valence-corrected chi connectivity index (χ3v) is 7.88. The smallest absolute Gasteiger partial charge is 0.121 e. The molecule has 1 aliphatic heterocycles. The summed E-state index contributed by atoms with van der Waals surface area (Å²) in [5.41, 5.74) is 1.37. The second-order valence-electron chi connectivity index (χ2n) is 10.8. The van der Waals surface area contributed by atoms with Crippen molar-refractivity contribution < 1.29 is 19.7 Å². The molecule has 0 bridgehead atoms. The van der Waals surface area contributed by atoms with E-state index in [0.717, 1.165) is 38.0 Å². The molecule has 6 atom stereocenters. The summed E-state index contributed by atoms with van der Waals surface area (Å²) in [7, 11) is 1.84. The molecule has 4 nitrogen and oxygen atoms in total. The van der Waals surface area contributed by atoms with Crippen LogP contribution in [0.4, 0.5) is 0 Å². The molecule has 1 fully saturated rings. The monoisotopic (exact) mass is 488 g/mol. The molecular formula is C31H52O4. The molecule has 1 saturated carbocycles. The number of unbranched alkanes of at least 4 members (excludes halogenated alkanes) is 1. The highest BCUT2D eigenvalue weighted by molar-refractivity contribution is 5.15. The van der Waals surface area contributed by atoms with Gasteiger partial charge in [-0.25, -0.2) is 0 Å². The van der Waals surface area contributed by atoms with Gasteiger partial charge in [0.25, 0.3) is 0 Å². The predicted molar refractivity (Wildman–Crippen MR) is 146 cm³/mol. The number of aliphatic hydroxyl groups excluding tert-OH is 2. The van der Waals surface area contributed by atoms with Crippen LogP contribution in [0.3, 0.4) is 0 Å². The van der Waals surface area contributed by atoms with Gasteiger partial charge in [-0.1, -0.05) is 75.5 Å². The van der Waals surface area contributed by atoms with E-state index < -0.39 is 12.2 Å². The Bertz CT molecular complexity index is 692. The fourth-order valence-electron chi connectivity index (χ4n) is 5.16. The van der Waals surface area contributed by atoms with Gasteiger partial charge in [-0.2, -0.15) is 0 Å². The van der Waals surface area contributed by atoms with Crippen molar-refractivity contribution in [1.29, 1.82) is 0 Å². The van der Waals surface area contributed by atoms with Gasteiger partial charge in [0.05, 0.1) is 12.2 Å². The maximum atomic E-state index is 10.6. The normalized spacial score (nSPS) is 26.2. The van der Waals surface area contributed by atoms with Gasteiger partial charge < -0.3 is 19.7 Å². The predicted octanol–water partition coefficient (Wildman–Crippen LogP) is 7.42. The Morgan fingerprint density at radius 1 is 1.17 bits per heavy atom. The van der Waals surface area contributed by atoms with Crippen molar-refractivity contribution in [3.05, 3.63) is 47.8 Å². The highest BCUT2D eigenvalue weighted by atomic mass is 16.5. The van der Waals surface area contributed by atoms with Crippen LogP contribution >= 0.6 is 0 Å². The van der Waals surface area contributed by atoms with Crippen LogP contribution in [0, 0.1) is 11.8 Å². The Balaban J connectivity index is 1.57. The fraction of sp³-hybridized carbons (Fsp3) is 0.742. The molecule has 1 heterocycles. The zero-order valence-corrected chi connectivity index (χ0v) is 22.8. The van der Waals surface area contributed by atoms with Crippen LogP contribution in [0.25, 0.3) is 0 Å². The third-order valence-electron chi connectivity index (χ3n) is 7.88. The molecule has 2 aliphatic rings. The van der Waals surface area contributed by atoms with Crippen LogP contribution in [0.5, 0.6) is 0 Å². The lowest BCUT2D eigenvalue weighted by Crippen LogP contribution is -2.26. The van der Waals surface area contributed by atoms with E-state index in [1.807, 2.05) is 13.2 Å². The summed E-state index contributed by atoms with van der Waals surface area (Å²) < 4.78 is 11.6. The largest absolute Gasteiger partial charge is 0.492 e. The van der Waals surface area contributed by atoms with E-state index in [1.54, 1.807) is 0 Å². The van der Waals surface area contributed by atoms with Gasteiger partial charge >= 0.3 is 0 Å². The Labute approximate surface area is 215 Å². The molecule has 0 aromatic rings. The average molecular weight is 489 g/mol. The first-order valence-electron chi connectivity index (χ1n) is 14.2. The molecule has 0 amide bonds. The van der Waals surface area contributed by atoms with Crippen LogP contribution in [0.15, 0.2) is 47.8 Å². The van der Waals surface area contributed by atoms with Crippen LogP contribution < -0.4 is 0 Å². The first kappa shape index (κ1) is 29.9. The van der Waals surface area contributed by atoms with Gasteiger partial charge in [0, 0.05) is 20.0 Å². The lowest BCUT2D eigenvalue weighted by molar-refractivity contribution is 0.0207. The molecule has 0 aromatic carbocycles. The van der Waals surface area contributed by atoms with Gasteiger partial charge in [0.15, 0.2) is 0 Å². The number of hydrogen-bond donors (Lipinski definition) is 2. The van der Waals surface area contributed by atoms with Crippen LogP contribution in [0.1, 0.15) is 104 Å². The van der Waals surface area contributed by atoms with Crippen LogP contribution in [-0.2, 0) is 9.47 Å². The molecule has 1 aliphatic carbocycles. The Morgan fingerprint density at radius 2 is 1.97 bits per heavy atom. The fourth-order valence-corrected chi connectivity index (χ4v) is 5.16. The lowest BCUT2D eigenvalue weighted by Gasteiger charge is -2.28. The molecular weight excluding hydrogens is 436 g/mol. The molecule has 0 aromatic heterocycles. The Morgan fingerprint density at radius 3 is 2.74 bits per heavy atom. The minimum Gasteiger partial charge on any atom is -0.492 e. The number of rotatable bonds is 16. The summed E-state index contributed by atoms with van der Waals surface area (Å²) >= 11 is 0. The summed E-state index contributed by atoms with van der Waals surface area (Å²) in [6.07, 6.45) is 25.9. The van der Waals surface area contributed by atoms with E-state index in [9.17, 15) is 10.2 Å². The van der Waals surface area contributed by atoms with Crippen molar-refractivity contribution in [3.8, 4) is 0 Å². The van der Waals surface area contributed by atoms with E-state index in [2.05, 4.69) is 51.2 Å². The SMILES string of the molecule is CC/C(C)=C/C=C/C=C/CC[C@@H](C)C(O)CC(O)C1=CCC(CCCCC2CCCC(OC)C2)O1. The van der Waals surface area contributed by atoms with Gasteiger partial charge in [-0.3, -0.25) is 0 Å². The molecule has 5 unspecified atom stereocenters. The molecule has 2 rings (SSSR count). The first-order valence-corrected chi connectivity index (χ1v) is 14.2.